The van der Waals surface area contributed by atoms with E-state index in [0.717, 1.165) is 46.5 Å². The Labute approximate surface area is 229 Å². The average molecular weight is 529 g/mol. The third-order valence-corrected chi connectivity index (χ3v) is 7.02. The number of rotatable bonds is 6. The van der Waals surface area contributed by atoms with Gasteiger partial charge in [0, 0.05) is 62.7 Å². The van der Waals surface area contributed by atoms with Crippen LogP contribution in [0.1, 0.15) is 46.8 Å². The maximum Gasteiger partial charge on any atom is 0.251 e. The summed E-state index contributed by atoms with van der Waals surface area (Å²) in [4.78, 5) is 39.5. The van der Waals surface area contributed by atoms with Crippen molar-refractivity contribution in [1.29, 1.82) is 0 Å². The maximum atomic E-state index is 12.3. The fourth-order valence-electron chi connectivity index (χ4n) is 4.89. The summed E-state index contributed by atoms with van der Waals surface area (Å²) < 4.78 is 0. The molecule has 1 atom stereocenters. The van der Waals surface area contributed by atoms with Gasteiger partial charge in [0.1, 0.15) is 12.1 Å². The number of benzene rings is 2. The van der Waals surface area contributed by atoms with Crippen molar-refractivity contribution in [2.24, 2.45) is 0 Å². The number of para-hydroxylation sites is 1. The molecule has 2 aromatic carbocycles. The van der Waals surface area contributed by atoms with Gasteiger partial charge in [-0.2, -0.15) is 13.5 Å². The molecule has 1 aliphatic rings. The highest BCUT2D eigenvalue weighted by atomic mass is 32.1. The van der Waals surface area contributed by atoms with Crippen LogP contribution in [-0.2, 0) is 17.8 Å². The number of amides is 2. The van der Waals surface area contributed by atoms with Gasteiger partial charge in [0.05, 0.1) is 16.8 Å². The van der Waals surface area contributed by atoms with E-state index in [4.69, 9.17) is 0 Å². The standard InChI is InChI=1S/C29H30N6O2.H2S/c1-18(23-5-4-6-24-25(29(37)30-3)9-11-31-28(23)24)15-32-27-14-26(33-17-34-27)21-8-7-20-10-12-35(19(2)36)16-22(20)13-21;/h4-9,11,13-14,17-18H,10,12,15-16H2,1-3H3,(H,30,37)(H,32,33,34);1H2/t18-;/m1./s1. The van der Waals surface area contributed by atoms with Gasteiger partial charge < -0.3 is 15.5 Å². The summed E-state index contributed by atoms with van der Waals surface area (Å²) in [6.45, 7) is 5.78. The second-order valence-electron chi connectivity index (χ2n) is 9.43. The van der Waals surface area contributed by atoms with Gasteiger partial charge in [-0.05, 0) is 35.2 Å². The quantitative estimate of drug-likeness (QED) is 0.387. The summed E-state index contributed by atoms with van der Waals surface area (Å²) in [5.74, 6) is 0.833. The van der Waals surface area contributed by atoms with Crippen LogP contribution < -0.4 is 10.6 Å². The minimum absolute atomic E-state index is 0. The van der Waals surface area contributed by atoms with Crippen LogP contribution in [0.5, 0.6) is 0 Å². The molecule has 38 heavy (non-hydrogen) atoms. The van der Waals surface area contributed by atoms with E-state index in [2.05, 4.69) is 56.8 Å². The Bertz CT molecular complexity index is 1490. The first-order valence-electron chi connectivity index (χ1n) is 12.5. The topological polar surface area (TPSA) is 100 Å². The summed E-state index contributed by atoms with van der Waals surface area (Å²) in [5.41, 5.74) is 6.79. The predicted octanol–water partition coefficient (Wildman–Crippen LogP) is 4.28. The Kier molecular flexibility index (Phi) is 8.26. The Hall–Kier alpha value is -3.98. The van der Waals surface area contributed by atoms with E-state index < -0.39 is 0 Å². The smallest absolute Gasteiger partial charge is 0.251 e. The molecule has 0 unspecified atom stereocenters. The van der Waals surface area contributed by atoms with Gasteiger partial charge in [0.15, 0.2) is 0 Å². The first kappa shape index (κ1) is 27.1. The molecular weight excluding hydrogens is 496 g/mol. The number of carbonyl (C=O) groups is 2. The van der Waals surface area contributed by atoms with E-state index >= 15 is 0 Å². The van der Waals surface area contributed by atoms with Gasteiger partial charge in [0.2, 0.25) is 5.91 Å². The summed E-state index contributed by atoms with van der Waals surface area (Å²) in [5, 5.41) is 6.98. The molecule has 0 fully saturated rings. The van der Waals surface area contributed by atoms with Crippen LogP contribution in [0.3, 0.4) is 0 Å². The lowest BCUT2D eigenvalue weighted by Crippen LogP contribution is -2.34. The molecular formula is C29H32N6O2S. The average Bonchev–Trinajstić information content (AvgIpc) is 2.94. The van der Waals surface area contributed by atoms with Gasteiger partial charge >= 0.3 is 0 Å². The second kappa shape index (κ2) is 11.6. The molecule has 2 aromatic heterocycles. The molecule has 2 amide bonds. The lowest BCUT2D eigenvalue weighted by molar-refractivity contribution is -0.129. The Morgan fingerprint density at radius 3 is 2.68 bits per heavy atom. The van der Waals surface area contributed by atoms with E-state index in [1.165, 1.54) is 11.1 Å². The SMILES string of the molecule is CNC(=O)c1ccnc2c([C@H](C)CNc3cc(-c4ccc5c(c4)CN(C(C)=O)CC5)ncn3)cccc12.S. The lowest BCUT2D eigenvalue weighted by Gasteiger charge is -2.28. The maximum absolute atomic E-state index is 12.3. The summed E-state index contributed by atoms with van der Waals surface area (Å²) in [7, 11) is 1.63. The minimum Gasteiger partial charge on any atom is -0.369 e. The molecule has 8 nitrogen and oxygen atoms in total. The molecule has 0 radical (unpaired) electrons. The molecule has 0 saturated carbocycles. The van der Waals surface area contributed by atoms with Crippen molar-refractivity contribution in [2.45, 2.75) is 32.7 Å². The molecule has 4 aromatic rings. The zero-order valence-corrected chi connectivity index (χ0v) is 22.8. The molecule has 0 spiro atoms. The lowest BCUT2D eigenvalue weighted by atomic mass is 9.96. The van der Waals surface area contributed by atoms with Gasteiger partial charge in [-0.25, -0.2) is 9.97 Å². The molecule has 9 heteroatoms. The molecule has 5 rings (SSSR count). The van der Waals surface area contributed by atoms with Gasteiger partial charge in [-0.1, -0.05) is 37.3 Å². The molecule has 0 saturated heterocycles. The normalized spacial score (nSPS) is 13.3. The van der Waals surface area contributed by atoms with Crippen LogP contribution in [0.25, 0.3) is 22.2 Å². The third-order valence-electron chi connectivity index (χ3n) is 7.02. The number of aromatic nitrogens is 3. The van der Waals surface area contributed by atoms with Gasteiger partial charge in [-0.15, -0.1) is 0 Å². The Morgan fingerprint density at radius 1 is 1.05 bits per heavy atom. The van der Waals surface area contributed by atoms with Crippen molar-refractivity contribution < 1.29 is 9.59 Å². The molecule has 2 N–H and O–H groups in total. The van der Waals surface area contributed by atoms with E-state index in [1.54, 1.807) is 32.6 Å². The van der Waals surface area contributed by atoms with E-state index in [9.17, 15) is 9.59 Å². The van der Waals surface area contributed by atoms with Crippen LogP contribution >= 0.6 is 13.5 Å². The number of nitrogens with zero attached hydrogens (tertiary/aromatic N) is 4. The number of carbonyl (C=O) groups excluding carboxylic acids is 2. The molecule has 1 aliphatic heterocycles. The van der Waals surface area contributed by atoms with Crippen molar-refractivity contribution in [3.8, 4) is 11.3 Å². The van der Waals surface area contributed by atoms with Crippen LogP contribution in [0.2, 0.25) is 0 Å². The van der Waals surface area contributed by atoms with Gasteiger partial charge in [0.25, 0.3) is 5.91 Å². The van der Waals surface area contributed by atoms with E-state index in [1.807, 2.05) is 23.1 Å². The first-order valence-corrected chi connectivity index (χ1v) is 12.5. The monoisotopic (exact) mass is 528 g/mol. The number of nitrogens with one attached hydrogen (secondary N) is 2. The number of fused-ring (bicyclic) bond motifs is 2. The van der Waals surface area contributed by atoms with Crippen molar-refractivity contribution in [3.05, 3.63) is 83.3 Å². The third kappa shape index (κ3) is 5.47. The predicted molar refractivity (Wildman–Crippen MR) is 155 cm³/mol. The highest BCUT2D eigenvalue weighted by Crippen LogP contribution is 2.28. The number of hydrogen-bond donors (Lipinski definition) is 2. The van der Waals surface area contributed by atoms with Crippen molar-refractivity contribution in [1.82, 2.24) is 25.2 Å². The highest BCUT2D eigenvalue weighted by Gasteiger charge is 2.19. The number of anilines is 1. The van der Waals surface area contributed by atoms with Crippen LogP contribution in [0.15, 0.2) is 61.1 Å². The Morgan fingerprint density at radius 2 is 1.89 bits per heavy atom. The van der Waals surface area contributed by atoms with E-state index in [0.29, 0.717) is 18.7 Å². The molecule has 0 bridgehead atoms. The summed E-state index contributed by atoms with van der Waals surface area (Å²) in [6, 6.07) is 16.0. The largest absolute Gasteiger partial charge is 0.369 e. The van der Waals surface area contributed by atoms with E-state index in [-0.39, 0.29) is 31.2 Å². The van der Waals surface area contributed by atoms with Crippen LogP contribution in [0, 0.1) is 0 Å². The summed E-state index contributed by atoms with van der Waals surface area (Å²) >= 11 is 0. The van der Waals surface area contributed by atoms with Crippen molar-refractivity contribution in [2.75, 3.05) is 25.5 Å². The first-order chi connectivity index (χ1) is 17.9. The van der Waals surface area contributed by atoms with Crippen molar-refractivity contribution in [3.63, 3.8) is 0 Å². The molecule has 0 aliphatic carbocycles. The zero-order valence-electron chi connectivity index (χ0n) is 21.8. The number of hydrogen-bond acceptors (Lipinski definition) is 6. The van der Waals surface area contributed by atoms with Crippen LogP contribution in [0.4, 0.5) is 5.82 Å². The summed E-state index contributed by atoms with van der Waals surface area (Å²) in [6.07, 6.45) is 4.12. The molecule has 196 valence electrons. The fourth-order valence-corrected chi connectivity index (χ4v) is 4.89. The zero-order chi connectivity index (χ0) is 25.9. The second-order valence-corrected chi connectivity index (χ2v) is 9.43. The Balaban J connectivity index is 0.00000336. The number of pyridine rings is 1. The fraction of sp³-hybridized carbons (Fsp3) is 0.276. The molecule has 3 heterocycles. The van der Waals surface area contributed by atoms with Crippen molar-refractivity contribution >= 4 is 42.0 Å². The van der Waals surface area contributed by atoms with Crippen LogP contribution in [-0.4, -0.2) is 51.8 Å². The minimum atomic E-state index is -0.125. The highest BCUT2D eigenvalue weighted by molar-refractivity contribution is 7.59. The van der Waals surface area contributed by atoms with Gasteiger partial charge in [-0.3, -0.25) is 14.6 Å².